The van der Waals surface area contributed by atoms with Gasteiger partial charge in [-0.1, -0.05) is 23.7 Å². The maximum atomic E-state index is 6.02. The molecule has 92 valence electrons. The van der Waals surface area contributed by atoms with E-state index in [2.05, 4.69) is 31.5 Å². The van der Waals surface area contributed by atoms with E-state index in [0.29, 0.717) is 16.0 Å². The number of benzene rings is 1. The van der Waals surface area contributed by atoms with Crippen LogP contribution < -0.4 is 10.6 Å². The van der Waals surface area contributed by atoms with Gasteiger partial charge in [-0.05, 0) is 52.4 Å². The highest BCUT2D eigenvalue weighted by atomic mass is 79.9. The highest BCUT2D eigenvalue weighted by molar-refractivity contribution is 9.10. The topological polar surface area (TPSA) is 37.0 Å². The van der Waals surface area contributed by atoms with Crippen LogP contribution in [0.25, 0.3) is 0 Å². The van der Waals surface area contributed by atoms with Crippen molar-refractivity contribution >= 4 is 56.4 Å². The first kappa shape index (κ1) is 13.3. The maximum Gasteiger partial charge on any atom is 0.176 e. The van der Waals surface area contributed by atoms with Crippen LogP contribution in [0.4, 0.5) is 11.5 Å². The second kappa shape index (κ2) is 6.13. The van der Waals surface area contributed by atoms with Crippen molar-refractivity contribution in [1.29, 1.82) is 0 Å². The van der Waals surface area contributed by atoms with E-state index in [-0.39, 0.29) is 0 Å². The largest absolute Gasteiger partial charge is 0.331 e. The Morgan fingerprint density at radius 3 is 2.61 bits per heavy atom. The van der Waals surface area contributed by atoms with Gasteiger partial charge in [0.15, 0.2) is 5.11 Å². The SMILES string of the molecule is S=C(Nc1ccc(Br)cn1)Nc1ccccc1Cl. The van der Waals surface area contributed by atoms with Crippen molar-refractivity contribution in [1.82, 2.24) is 4.98 Å². The van der Waals surface area contributed by atoms with E-state index in [1.54, 1.807) is 12.3 Å². The van der Waals surface area contributed by atoms with Crippen LogP contribution in [0.1, 0.15) is 0 Å². The first-order chi connectivity index (χ1) is 8.65. The Morgan fingerprint density at radius 2 is 1.94 bits per heavy atom. The van der Waals surface area contributed by atoms with Crippen molar-refractivity contribution in [2.45, 2.75) is 0 Å². The predicted octanol–water partition coefficient (Wildman–Crippen LogP) is 4.31. The number of anilines is 2. The average Bonchev–Trinajstić information content (AvgIpc) is 2.35. The molecule has 2 rings (SSSR count). The van der Waals surface area contributed by atoms with Crippen molar-refractivity contribution in [3.63, 3.8) is 0 Å². The van der Waals surface area contributed by atoms with Crippen LogP contribution in [0, 0.1) is 0 Å². The van der Waals surface area contributed by atoms with E-state index in [1.165, 1.54) is 0 Å². The molecule has 0 aliphatic heterocycles. The summed E-state index contributed by atoms with van der Waals surface area (Å²) in [5, 5.41) is 7.04. The zero-order valence-electron chi connectivity index (χ0n) is 9.15. The van der Waals surface area contributed by atoms with E-state index < -0.39 is 0 Å². The number of para-hydroxylation sites is 1. The quantitative estimate of drug-likeness (QED) is 0.798. The van der Waals surface area contributed by atoms with Gasteiger partial charge in [0.1, 0.15) is 5.82 Å². The Hall–Kier alpha value is -1.17. The maximum absolute atomic E-state index is 6.02. The van der Waals surface area contributed by atoms with Gasteiger partial charge >= 0.3 is 0 Å². The van der Waals surface area contributed by atoms with Crippen molar-refractivity contribution in [3.8, 4) is 0 Å². The molecule has 0 bridgehead atoms. The molecule has 2 aromatic rings. The lowest BCUT2D eigenvalue weighted by Crippen LogP contribution is -2.19. The summed E-state index contributed by atoms with van der Waals surface area (Å²) < 4.78 is 0.915. The summed E-state index contributed by atoms with van der Waals surface area (Å²) in [7, 11) is 0. The standard InChI is InChI=1S/C12H9BrClN3S/c13-8-5-6-11(15-7-8)17-12(18)16-10-4-2-1-3-9(10)14/h1-7H,(H2,15,16,17,18). The number of hydrogen-bond acceptors (Lipinski definition) is 2. The molecule has 0 aliphatic rings. The fourth-order valence-electron chi connectivity index (χ4n) is 1.28. The third kappa shape index (κ3) is 3.66. The highest BCUT2D eigenvalue weighted by Crippen LogP contribution is 2.20. The molecular formula is C12H9BrClN3S. The first-order valence-electron chi connectivity index (χ1n) is 5.09. The van der Waals surface area contributed by atoms with Crippen molar-refractivity contribution < 1.29 is 0 Å². The molecule has 0 unspecified atom stereocenters. The van der Waals surface area contributed by atoms with Crippen LogP contribution in [0.5, 0.6) is 0 Å². The van der Waals surface area contributed by atoms with E-state index in [4.69, 9.17) is 23.8 Å². The van der Waals surface area contributed by atoms with Crippen LogP contribution in [0.15, 0.2) is 47.1 Å². The van der Waals surface area contributed by atoms with Gasteiger partial charge in [0.05, 0.1) is 10.7 Å². The molecule has 3 nitrogen and oxygen atoms in total. The van der Waals surface area contributed by atoms with Gasteiger partial charge in [0, 0.05) is 10.7 Å². The molecule has 0 atom stereocenters. The summed E-state index contributed by atoms with van der Waals surface area (Å²) in [4.78, 5) is 4.16. The smallest absolute Gasteiger partial charge is 0.176 e. The van der Waals surface area contributed by atoms with Gasteiger partial charge in [-0.15, -0.1) is 0 Å². The van der Waals surface area contributed by atoms with Gasteiger partial charge in [-0.25, -0.2) is 4.98 Å². The molecule has 2 N–H and O–H groups in total. The number of pyridine rings is 1. The molecule has 0 saturated heterocycles. The Morgan fingerprint density at radius 1 is 1.17 bits per heavy atom. The van der Waals surface area contributed by atoms with Crippen LogP contribution in [-0.2, 0) is 0 Å². The molecule has 0 amide bonds. The van der Waals surface area contributed by atoms with E-state index in [1.807, 2.05) is 30.3 Å². The molecule has 1 aromatic carbocycles. The number of hydrogen-bond donors (Lipinski definition) is 2. The van der Waals surface area contributed by atoms with Crippen LogP contribution in [0.3, 0.4) is 0 Å². The first-order valence-corrected chi connectivity index (χ1v) is 6.67. The number of halogens is 2. The minimum absolute atomic E-state index is 0.443. The molecular weight excluding hydrogens is 334 g/mol. The second-order valence-electron chi connectivity index (χ2n) is 3.42. The van der Waals surface area contributed by atoms with E-state index >= 15 is 0 Å². The number of thiocarbonyl (C=S) groups is 1. The lowest BCUT2D eigenvalue weighted by Gasteiger charge is -2.10. The van der Waals surface area contributed by atoms with E-state index in [0.717, 1.165) is 10.2 Å². The number of aromatic nitrogens is 1. The summed E-state index contributed by atoms with van der Waals surface area (Å²) >= 11 is 14.5. The zero-order chi connectivity index (χ0) is 13.0. The summed E-state index contributed by atoms with van der Waals surface area (Å²) in [6.45, 7) is 0. The summed E-state index contributed by atoms with van der Waals surface area (Å²) in [6, 6.07) is 11.1. The monoisotopic (exact) mass is 341 g/mol. The van der Waals surface area contributed by atoms with Gasteiger partial charge < -0.3 is 10.6 Å². The fraction of sp³-hybridized carbons (Fsp3) is 0. The number of rotatable bonds is 2. The molecule has 6 heteroatoms. The Kier molecular flexibility index (Phi) is 4.52. The van der Waals surface area contributed by atoms with Crippen LogP contribution in [-0.4, -0.2) is 10.1 Å². The highest BCUT2D eigenvalue weighted by Gasteiger charge is 2.02. The molecule has 0 saturated carbocycles. The van der Waals surface area contributed by atoms with Crippen molar-refractivity contribution in [3.05, 3.63) is 52.1 Å². The summed E-state index contributed by atoms with van der Waals surface area (Å²) in [5.74, 6) is 0.669. The lowest BCUT2D eigenvalue weighted by molar-refractivity contribution is 1.31. The third-order valence-electron chi connectivity index (χ3n) is 2.09. The molecule has 0 radical (unpaired) electrons. The number of nitrogens with zero attached hydrogens (tertiary/aromatic N) is 1. The van der Waals surface area contributed by atoms with Gasteiger partial charge in [-0.2, -0.15) is 0 Å². The Labute approximate surface area is 124 Å². The molecule has 0 spiro atoms. The average molecular weight is 343 g/mol. The fourth-order valence-corrected chi connectivity index (χ4v) is 1.91. The summed E-state index contributed by atoms with van der Waals surface area (Å²) in [5.41, 5.74) is 0.758. The van der Waals surface area contributed by atoms with Crippen LogP contribution in [0.2, 0.25) is 5.02 Å². The molecule has 18 heavy (non-hydrogen) atoms. The molecule has 0 aliphatic carbocycles. The van der Waals surface area contributed by atoms with Gasteiger partial charge in [-0.3, -0.25) is 0 Å². The normalized spacial score (nSPS) is 9.89. The minimum Gasteiger partial charge on any atom is -0.331 e. The lowest BCUT2D eigenvalue weighted by atomic mass is 10.3. The second-order valence-corrected chi connectivity index (χ2v) is 5.15. The van der Waals surface area contributed by atoms with Crippen molar-refractivity contribution in [2.24, 2.45) is 0 Å². The third-order valence-corrected chi connectivity index (χ3v) is 3.09. The Bertz CT molecular complexity index is 560. The Balaban J connectivity index is 2.01. The molecule has 1 aromatic heterocycles. The van der Waals surface area contributed by atoms with Gasteiger partial charge in [0.2, 0.25) is 0 Å². The summed E-state index contributed by atoms with van der Waals surface area (Å²) in [6.07, 6.45) is 1.69. The van der Waals surface area contributed by atoms with E-state index in [9.17, 15) is 0 Å². The predicted molar refractivity (Wildman–Crippen MR) is 83.2 cm³/mol. The zero-order valence-corrected chi connectivity index (χ0v) is 12.3. The minimum atomic E-state index is 0.443. The van der Waals surface area contributed by atoms with Crippen molar-refractivity contribution in [2.75, 3.05) is 10.6 Å². The molecule has 0 fully saturated rings. The van der Waals surface area contributed by atoms with Gasteiger partial charge in [0.25, 0.3) is 0 Å². The molecule has 1 heterocycles. The number of nitrogens with one attached hydrogen (secondary N) is 2. The van der Waals surface area contributed by atoms with Crippen LogP contribution >= 0.6 is 39.7 Å².